The monoisotopic (exact) mass is 481 g/mol. The van der Waals surface area contributed by atoms with Gasteiger partial charge in [-0.3, -0.25) is 14.4 Å². The number of aryl methyl sites for hydroxylation is 1. The Bertz CT molecular complexity index is 1130. The largest absolute Gasteiger partial charge is 0.508 e. The zero-order valence-corrected chi connectivity index (χ0v) is 17.8. The SMILES string of the molecule is Cc1ccc(O)c(C(CC(=O)O)NC(=O)CNC(=O)c2cc(N=C(N)N)cc(C(F)(F)F)c2)c1. The van der Waals surface area contributed by atoms with Gasteiger partial charge in [-0.05, 0) is 31.2 Å². The van der Waals surface area contributed by atoms with Crippen LogP contribution in [0.3, 0.4) is 0 Å². The Kier molecular flexibility index (Phi) is 8.06. The van der Waals surface area contributed by atoms with Gasteiger partial charge in [-0.2, -0.15) is 13.2 Å². The van der Waals surface area contributed by atoms with Crippen molar-refractivity contribution in [3.63, 3.8) is 0 Å². The van der Waals surface area contributed by atoms with Crippen LogP contribution in [0, 0.1) is 6.92 Å². The lowest BCUT2D eigenvalue weighted by Gasteiger charge is -2.19. The van der Waals surface area contributed by atoms with Crippen LogP contribution in [0.15, 0.2) is 41.4 Å². The highest BCUT2D eigenvalue weighted by atomic mass is 19.4. The first-order chi connectivity index (χ1) is 15.8. The highest BCUT2D eigenvalue weighted by molar-refractivity contribution is 5.97. The maximum Gasteiger partial charge on any atom is 0.416 e. The Morgan fingerprint density at radius 2 is 1.79 bits per heavy atom. The molecule has 0 saturated heterocycles. The first-order valence-corrected chi connectivity index (χ1v) is 9.67. The van der Waals surface area contributed by atoms with Crippen LogP contribution < -0.4 is 22.1 Å². The molecule has 182 valence electrons. The van der Waals surface area contributed by atoms with Gasteiger partial charge in [0.2, 0.25) is 5.91 Å². The molecule has 13 heteroatoms. The molecule has 0 radical (unpaired) electrons. The van der Waals surface area contributed by atoms with E-state index in [-0.39, 0.29) is 17.0 Å². The van der Waals surface area contributed by atoms with Gasteiger partial charge in [0.15, 0.2) is 5.96 Å². The number of nitrogens with one attached hydrogen (secondary N) is 2. The summed E-state index contributed by atoms with van der Waals surface area (Å²) in [5, 5.41) is 23.7. The van der Waals surface area contributed by atoms with Crippen LogP contribution in [0.1, 0.15) is 39.5 Å². The first kappa shape index (κ1) is 26.0. The summed E-state index contributed by atoms with van der Waals surface area (Å²) < 4.78 is 39.5. The molecule has 0 aliphatic carbocycles. The summed E-state index contributed by atoms with van der Waals surface area (Å²) in [6.45, 7) is 1.02. The number of carboxylic acid groups (broad SMARTS) is 1. The Hall–Kier alpha value is -4.29. The van der Waals surface area contributed by atoms with Crippen LogP contribution in [-0.4, -0.2) is 40.5 Å². The van der Waals surface area contributed by atoms with Crippen molar-refractivity contribution in [2.24, 2.45) is 16.5 Å². The number of hydrogen-bond acceptors (Lipinski definition) is 5. The number of aliphatic imine (C=N–C) groups is 1. The molecule has 0 aliphatic rings. The van der Waals surface area contributed by atoms with Crippen LogP contribution in [0.2, 0.25) is 0 Å². The number of hydrogen-bond donors (Lipinski definition) is 6. The molecule has 0 heterocycles. The lowest BCUT2D eigenvalue weighted by atomic mass is 10.0. The minimum Gasteiger partial charge on any atom is -0.508 e. The molecule has 2 amide bonds. The number of carbonyl (C=O) groups is 3. The molecular formula is C21H22F3N5O5. The summed E-state index contributed by atoms with van der Waals surface area (Å²) in [7, 11) is 0. The van der Waals surface area contributed by atoms with Gasteiger partial charge in [0.1, 0.15) is 5.75 Å². The van der Waals surface area contributed by atoms with Crippen LogP contribution in [-0.2, 0) is 15.8 Å². The molecule has 2 aromatic carbocycles. The molecule has 0 spiro atoms. The molecule has 0 aliphatic heterocycles. The van der Waals surface area contributed by atoms with Gasteiger partial charge < -0.3 is 32.3 Å². The number of amides is 2. The van der Waals surface area contributed by atoms with E-state index in [1.165, 1.54) is 12.1 Å². The van der Waals surface area contributed by atoms with Crippen molar-refractivity contribution >= 4 is 29.4 Å². The van der Waals surface area contributed by atoms with Crippen LogP contribution >= 0.6 is 0 Å². The van der Waals surface area contributed by atoms with Crippen molar-refractivity contribution in [1.29, 1.82) is 0 Å². The van der Waals surface area contributed by atoms with E-state index < -0.39 is 60.1 Å². The zero-order chi connectivity index (χ0) is 25.6. The molecule has 34 heavy (non-hydrogen) atoms. The Labute approximate surface area is 191 Å². The van der Waals surface area contributed by atoms with E-state index in [1.807, 2.05) is 0 Å². The summed E-state index contributed by atoms with van der Waals surface area (Å²) in [6, 6.07) is 5.52. The van der Waals surface area contributed by atoms with E-state index in [4.69, 9.17) is 16.6 Å². The second-order valence-electron chi connectivity index (χ2n) is 7.27. The number of phenolic OH excluding ortho intramolecular Hbond substituents is 1. The van der Waals surface area contributed by atoms with E-state index in [2.05, 4.69) is 15.6 Å². The molecule has 0 bridgehead atoms. The van der Waals surface area contributed by atoms with E-state index in [1.54, 1.807) is 13.0 Å². The first-order valence-electron chi connectivity index (χ1n) is 9.67. The lowest BCUT2D eigenvalue weighted by molar-refractivity contribution is -0.138. The summed E-state index contributed by atoms with van der Waals surface area (Å²) in [5.74, 6) is -3.88. The molecule has 8 N–H and O–H groups in total. The molecule has 2 aromatic rings. The fourth-order valence-electron chi connectivity index (χ4n) is 2.99. The number of aliphatic carboxylic acids is 1. The Morgan fingerprint density at radius 3 is 2.38 bits per heavy atom. The summed E-state index contributed by atoms with van der Waals surface area (Å²) in [6.07, 6.45) is -5.35. The fourth-order valence-corrected chi connectivity index (χ4v) is 2.99. The van der Waals surface area contributed by atoms with E-state index in [9.17, 15) is 32.7 Å². The number of alkyl halides is 3. The number of phenols is 1. The predicted molar refractivity (Wildman–Crippen MR) is 115 cm³/mol. The molecule has 2 rings (SSSR count). The van der Waals surface area contributed by atoms with Gasteiger partial charge in [-0.15, -0.1) is 0 Å². The normalized spacial score (nSPS) is 11.9. The van der Waals surface area contributed by atoms with Crippen molar-refractivity contribution < 1.29 is 37.8 Å². The number of benzene rings is 2. The minimum absolute atomic E-state index is 0.154. The van der Waals surface area contributed by atoms with E-state index >= 15 is 0 Å². The maximum atomic E-state index is 13.2. The number of rotatable bonds is 8. The standard InChI is InChI=1S/C21H22F3N5O5/c1-10-2-3-16(30)14(4-10)15(8-18(32)33)29-17(31)9-27-19(34)11-5-12(21(22,23)24)7-13(6-11)28-20(25)26/h2-7,15,30H,8-9H2,1H3,(H,27,34)(H,29,31)(H,32,33)(H4,25,26,28). The van der Waals surface area contributed by atoms with E-state index in [0.29, 0.717) is 17.7 Å². The molecular weight excluding hydrogens is 459 g/mol. The van der Waals surface area contributed by atoms with Crippen molar-refractivity contribution in [3.8, 4) is 5.75 Å². The number of aromatic hydroxyl groups is 1. The van der Waals surface area contributed by atoms with Gasteiger partial charge >= 0.3 is 12.1 Å². The fraction of sp³-hybridized carbons (Fsp3) is 0.238. The predicted octanol–water partition coefficient (Wildman–Crippen LogP) is 1.69. The van der Waals surface area contributed by atoms with Crippen LogP contribution in [0.5, 0.6) is 5.75 Å². The lowest BCUT2D eigenvalue weighted by Crippen LogP contribution is -2.39. The second kappa shape index (κ2) is 10.6. The van der Waals surface area contributed by atoms with Gasteiger partial charge in [0, 0.05) is 11.1 Å². The third-order valence-corrected chi connectivity index (χ3v) is 4.45. The summed E-state index contributed by atoms with van der Waals surface area (Å²) in [4.78, 5) is 39.5. The molecule has 0 saturated carbocycles. The third-order valence-electron chi connectivity index (χ3n) is 4.45. The third kappa shape index (κ3) is 7.39. The maximum absolute atomic E-state index is 13.2. The highest BCUT2D eigenvalue weighted by Crippen LogP contribution is 2.33. The van der Waals surface area contributed by atoms with E-state index in [0.717, 1.165) is 6.07 Å². The van der Waals surface area contributed by atoms with Crippen molar-refractivity contribution in [1.82, 2.24) is 10.6 Å². The number of nitrogens with two attached hydrogens (primary N) is 2. The van der Waals surface area contributed by atoms with Crippen molar-refractivity contribution in [2.75, 3.05) is 6.54 Å². The van der Waals surface area contributed by atoms with Crippen LogP contribution in [0.25, 0.3) is 0 Å². The summed E-state index contributed by atoms with van der Waals surface area (Å²) >= 11 is 0. The summed E-state index contributed by atoms with van der Waals surface area (Å²) in [5.41, 5.74) is 9.28. The smallest absolute Gasteiger partial charge is 0.416 e. The number of nitrogens with zero attached hydrogens (tertiary/aromatic N) is 1. The Morgan fingerprint density at radius 1 is 1.12 bits per heavy atom. The highest BCUT2D eigenvalue weighted by Gasteiger charge is 2.32. The average molecular weight is 481 g/mol. The van der Waals surface area contributed by atoms with Gasteiger partial charge in [-0.25, -0.2) is 4.99 Å². The minimum atomic E-state index is -4.79. The van der Waals surface area contributed by atoms with Gasteiger partial charge in [-0.1, -0.05) is 17.7 Å². The average Bonchev–Trinajstić information content (AvgIpc) is 2.71. The van der Waals surface area contributed by atoms with Crippen molar-refractivity contribution in [2.45, 2.75) is 25.6 Å². The topological polar surface area (TPSA) is 180 Å². The second-order valence-corrected chi connectivity index (χ2v) is 7.27. The number of carboxylic acids is 1. The number of halogens is 3. The van der Waals surface area contributed by atoms with Gasteiger partial charge in [0.05, 0.1) is 30.3 Å². The van der Waals surface area contributed by atoms with Crippen molar-refractivity contribution in [3.05, 3.63) is 58.7 Å². The zero-order valence-electron chi connectivity index (χ0n) is 17.8. The quantitative estimate of drug-likeness (QED) is 0.245. The van der Waals surface area contributed by atoms with Gasteiger partial charge in [0.25, 0.3) is 5.91 Å². The molecule has 0 aromatic heterocycles. The molecule has 10 nitrogen and oxygen atoms in total. The molecule has 0 fully saturated rings. The van der Waals surface area contributed by atoms with Crippen LogP contribution in [0.4, 0.5) is 18.9 Å². The molecule has 1 unspecified atom stereocenters. The Balaban J connectivity index is 2.18. The number of guanidine groups is 1. The molecule has 1 atom stereocenters. The number of carbonyl (C=O) groups excluding carboxylic acids is 2.